The third kappa shape index (κ3) is 2.82. The number of aromatic nitrogens is 4. The van der Waals surface area contributed by atoms with Crippen LogP contribution in [0.5, 0.6) is 0 Å². The summed E-state index contributed by atoms with van der Waals surface area (Å²) in [7, 11) is 2.14. The molecule has 1 aliphatic rings. The quantitative estimate of drug-likeness (QED) is 0.748. The predicted molar refractivity (Wildman–Crippen MR) is 94.5 cm³/mol. The van der Waals surface area contributed by atoms with Crippen molar-refractivity contribution in [2.75, 3.05) is 38.1 Å². The molecule has 0 bridgehead atoms. The van der Waals surface area contributed by atoms with Crippen LogP contribution in [0.1, 0.15) is 0 Å². The lowest BCUT2D eigenvalue weighted by atomic mass is 10.1. The van der Waals surface area contributed by atoms with E-state index in [-0.39, 0.29) is 0 Å². The first-order valence-electron chi connectivity index (χ1n) is 7.59. The molecule has 0 aliphatic carbocycles. The zero-order valence-electron chi connectivity index (χ0n) is 12.8. The van der Waals surface area contributed by atoms with Crippen LogP contribution in [0.3, 0.4) is 0 Å². The number of rotatable bonds is 2. The van der Waals surface area contributed by atoms with E-state index in [2.05, 4.69) is 58.8 Å². The van der Waals surface area contributed by atoms with Gasteiger partial charge in [0.25, 0.3) is 0 Å². The summed E-state index contributed by atoms with van der Waals surface area (Å²) in [5.74, 6) is 0.804. The van der Waals surface area contributed by atoms with Crippen molar-refractivity contribution in [2.45, 2.75) is 0 Å². The van der Waals surface area contributed by atoms with Crippen molar-refractivity contribution >= 4 is 32.9 Å². The molecule has 0 radical (unpaired) electrons. The van der Waals surface area contributed by atoms with Gasteiger partial charge in [-0.05, 0) is 29.0 Å². The summed E-state index contributed by atoms with van der Waals surface area (Å²) >= 11 is 3.53. The molecule has 4 rings (SSSR count). The number of nitrogens with zero attached hydrogens (tertiary/aromatic N) is 5. The second-order valence-corrected chi connectivity index (χ2v) is 6.67. The monoisotopic (exact) mass is 372 g/mol. The molecule has 0 atom stereocenters. The zero-order valence-corrected chi connectivity index (χ0v) is 14.4. The van der Waals surface area contributed by atoms with Gasteiger partial charge in [-0.15, -0.1) is 0 Å². The number of piperazine rings is 1. The first kappa shape index (κ1) is 14.6. The Morgan fingerprint density at radius 3 is 2.43 bits per heavy atom. The van der Waals surface area contributed by atoms with Crippen LogP contribution in [0.25, 0.3) is 22.2 Å². The van der Waals surface area contributed by atoms with Gasteiger partial charge in [0.15, 0.2) is 0 Å². The van der Waals surface area contributed by atoms with Crippen LogP contribution in [0.4, 0.5) is 5.95 Å². The Bertz CT molecular complexity index is 820. The summed E-state index contributed by atoms with van der Waals surface area (Å²) in [6, 6.07) is 2.09. The standard InChI is InChI=1S/C16H17BrN6/c1-22-2-4-23(5-3-22)16-20-8-12(9-21-16)11-6-13-14(17)10-19-15(13)18-7-11/h6-10H,2-5H2,1H3,(H,18,19). The minimum absolute atomic E-state index is 0.804. The molecular formula is C16H17BrN6. The van der Waals surface area contributed by atoms with Gasteiger partial charge in [0, 0.05) is 72.0 Å². The molecule has 0 spiro atoms. The van der Waals surface area contributed by atoms with Gasteiger partial charge in [-0.1, -0.05) is 0 Å². The van der Waals surface area contributed by atoms with Gasteiger partial charge >= 0.3 is 0 Å². The van der Waals surface area contributed by atoms with E-state index < -0.39 is 0 Å². The average molecular weight is 373 g/mol. The molecular weight excluding hydrogens is 356 g/mol. The van der Waals surface area contributed by atoms with Crippen LogP contribution in [-0.2, 0) is 0 Å². The van der Waals surface area contributed by atoms with Crippen molar-refractivity contribution in [1.29, 1.82) is 0 Å². The molecule has 6 nitrogen and oxygen atoms in total. The summed E-state index contributed by atoms with van der Waals surface area (Å²) in [6.07, 6.45) is 7.50. The lowest BCUT2D eigenvalue weighted by molar-refractivity contribution is 0.311. The number of anilines is 1. The van der Waals surface area contributed by atoms with E-state index >= 15 is 0 Å². The molecule has 3 aromatic rings. The van der Waals surface area contributed by atoms with Crippen molar-refractivity contribution < 1.29 is 0 Å². The van der Waals surface area contributed by atoms with Gasteiger partial charge < -0.3 is 14.8 Å². The van der Waals surface area contributed by atoms with E-state index in [0.717, 1.165) is 58.8 Å². The van der Waals surface area contributed by atoms with Gasteiger partial charge in [0.05, 0.1) is 0 Å². The summed E-state index contributed by atoms with van der Waals surface area (Å²) < 4.78 is 1.01. The minimum Gasteiger partial charge on any atom is -0.345 e. The summed E-state index contributed by atoms with van der Waals surface area (Å²) in [4.78, 5) is 21.2. The summed E-state index contributed by atoms with van der Waals surface area (Å²) in [6.45, 7) is 4.04. The van der Waals surface area contributed by atoms with Crippen LogP contribution in [0.15, 0.2) is 35.3 Å². The van der Waals surface area contributed by atoms with Gasteiger partial charge in [-0.25, -0.2) is 15.0 Å². The fourth-order valence-corrected chi connectivity index (χ4v) is 3.19. The second-order valence-electron chi connectivity index (χ2n) is 5.82. The van der Waals surface area contributed by atoms with Crippen molar-refractivity contribution in [2.24, 2.45) is 0 Å². The Balaban J connectivity index is 1.60. The maximum Gasteiger partial charge on any atom is 0.225 e. The summed E-state index contributed by atoms with van der Waals surface area (Å²) in [5.41, 5.74) is 2.86. The highest BCUT2D eigenvalue weighted by Crippen LogP contribution is 2.27. The van der Waals surface area contributed by atoms with Crippen molar-refractivity contribution in [3.8, 4) is 11.1 Å². The highest BCUT2D eigenvalue weighted by atomic mass is 79.9. The smallest absolute Gasteiger partial charge is 0.225 e. The molecule has 118 valence electrons. The number of hydrogen-bond donors (Lipinski definition) is 1. The number of pyridine rings is 1. The van der Waals surface area contributed by atoms with Gasteiger partial charge in [0.2, 0.25) is 5.95 Å². The van der Waals surface area contributed by atoms with Crippen LogP contribution in [-0.4, -0.2) is 58.1 Å². The summed E-state index contributed by atoms with van der Waals surface area (Å²) in [5, 5.41) is 1.06. The van der Waals surface area contributed by atoms with Crippen molar-refractivity contribution in [3.63, 3.8) is 0 Å². The first-order chi connectivity index (χ1) is 11.2. The Kier molecular flexibility index (Phi) is 3.74. The number of H-pyrrole nitrogens is 1. The Morgan fingerprint density at radius 1 is 1.00 bits per heavy atom. The van der Waals surface area contributed by atoms with Gasteiger partial charge in [-0.2, -0.15) is 0 Å². The zero-order chi connectivity index (χ0) is 15.8. The lowest BCUT2D eigenvalue weighted by Crippen LogP contribution is -2.45. The fraction of sp³-hybridized carbons (Fsp3) is 0.312. The maximum absolute atomic E-state index is 4.54. The van der Waals surface area contributed by atoms with Gasteiger partial charge in [-0.3, -0.25) is 0 Å². The molecule has 4 heterocycles. The number of fused-ring (bicyclic) bond motifs is 1. The molecule has 1 aliphatic heterocycles. The number of hydrogen-bond acceptors (Lipinski definition) is 5. The number of aromatic amines is 1. The highest BCUT2D eigenvalue weighted by Gasteiger charge is 2.16. The van der Waals surface area contributed by atoms with Crippen molar-refractivity contribution in [1.82, 2.24) is 24.8 Å². The molecule has 23 heavy (non-hydrogen) atoms. The molecule has 1 fully saturated rings. The Labute approximate surface area is 142 Å². The topological polar surface area (TPSA) is 60.9 Å². The molecule has 3 aromatic heterocycles. The lowest BCUT2D eigenvalue weighted by Gasteiger charge is -2.32. The molecule has 0 unspecified atom stereocenters. The average Bonchev–Trinajstić information content (AvgIpc) is 2.96. The third-order valence-electron chi connectivity index (χ3n) is 4.24. The second kappa shape index (κ2) is 5.90. The fourth-order valence-electron chi connectivity index (χ4n) is 2.77. The SMILES string of the molecule is CN1CCN(c2ncc(-c3cnc4[nH]cc(Br)c4c3)cn2)CC1. The molecule has 1 N–H and O–H groups in total. The Hall–Kier alpha value is -1.99. The van der Waals surface area contributed by atoms with E-state index in [1.165, 1.54) is 0 Å². The number of nitrogens with one attached hydrogen (secondary N) is 1. The van der Waals surface area contributed by atoms with E-state index in [4.69, 9.17) is 0 Å². The van der Waals surface area contributed by atoms with E-state index in [0.29, 0.717) is 0 Å². The molecule has 0 amide bonds. The van der Waals surface area contributed by atoms with Crippen molar-refractivity contribution in [3.05, 3.63) is 35.3 Å². The van der Waals surface area contributed by atoms with E-state index in [1.54, 1.807) is 0 Å². The minimum atomic E-state index is 0.804. The molecule has 7 heteroatoms. The molecule has 0 saturated carbocycles. The Morgan fingerprint density at radius 2 is 1.70 bits per heavy atom. The largest absolute Gasteiger partial charge is 0.345 e. The van der Waals surface area contributed by atoms with Gasteiger partial charge in [0.1, 0.15) is 5.65 Å². The number of halogens is 1. The van der Waals surface area contributed by atoms with Crippen LogP contribution in [0, 0.1) is 0 Å². The van der Waals surface area contributed by atoms with E-state index in [1.807, 2.05) is 24.8 Å². The van der Waals surface area contributed by atoms with E-state index in [9.17, 15) is 0 Å². The predicted octanol–water partition coefficient (Wildman–Crippen LogP) is 2.53. The normalized spacial score (nSPS) is 16.2. The van der Waals surface area contributed by atoms with Crippen LogP contribution < -0.4 is 4.90 Å². The highest BCUT2D eigenvalue weighted by molar-refractivity contribution is 9.10. The van der Waals surface area contributed by atoms with Crippen LogP contribution in [0.2, 0.25) is 0 Å². The van der Waals surface area contributed by atoms with Crippen LogP contribution >= 0.6 is 15.9 Å². The first-order valence-corrected chi connectivity index (χ1v) is 8.38. The molecule has 1 saturated heterocycles. The third-order valence-corrected chi connectivity index (χ3v) is 4.89. The number of likely N-dealkylation sites (N-methyl/N-ethyl adjacent to an activating group) is 1. The molecule has 0 aromatic carbocycles. The maximum atomic E-state index is 4.54.